The molecule has 1 aromatic heterocycles. The molecule has 1 unspecified atom stereocenters. The fourth-order valence-electron chi connectivity index (χ4n) is 5.35. The zero-order valence-electron chi connectivity index (χ0n) is 25.3. The van der Waals surface area contributed by atoms with E-state index in [0.717, 1.165) is 57.9 Å². The Morgan fingerprint density at radius 1 is 1.17 bits per heavy atom. The first-order valence-electron chi connectivity index (χ1n) is 14.5. The third kappa shape index (κ3) is 7.83. The molecule has 2 amide bonds. The van der Waals surface area contributed by atoms with Gasteiger partial charge < -0.3 is 25.4 Å². The molecule has 0 saturated carbocycles. The van der Waals surface area contributed by atoms with Crippen LogP contribution in [0.5, 0.6) is 0 Å². The number of morpholine rings is 1. The number of benzene rings is 2. The summed E-state index contributed by atoms with van der Waals surface area (Å²) in [5, 5.41) is 20.4. The summed E-state index contributed by atoms with van der Waals surface area (Å²) in [6, 6.07) is 16.2. The summed E-state index contributed by atoms with van der Waals surface area (Å²) in [5.41, 5.74) is 5.18. The molecular formula is C31H33F3N6O5S. The number of carbonyl (C=O) groups is 3. The van der Waals surface area contributed by atoms with Crippen LogP contribution in [0.1, 0.15) is 48.1 Å². The van der Waals surface area contributed by atoms with Crippen molar-refractivity contribution in [3.63, 3.8) is 0 Å². The number of carbonyl (C=O) groups excluding carboxylic acids is 2. The molecule has 3 N–H and O–H groups in total. The van der Waals surface area contributed by atoms with Crippen LogP contribution in [-0.2, 0) is 27.2 Å². The van der Waals surface area contributed by atoms with Gasteiger partial charge in [0, 0.05) is 35.6 Å². The first-order chi connectivity index (χ1) is 21.7. The van der Waals surface area contributed by atoms with Gasteiger partial charge >= 0.3 is 12.1 Å². The van der Waals surface area contributed by atoms with E-state index in [9.17, 15) is 22.8 Å². The standard InChI is InChI=1S/C29H32N6O3S.C2HF3O2/c1-18-12-25(36)35(33-18)22-9-5-8-21(15-22)30-20-7-4-6-19(13-20)14-23-17-38-11-10-34(23)28-31-24-16-29(2,3)32-27(37)26(24)39-28;3-2(4,5)1(6)7/h4-9,13,15,23,30H,10-12,14,16-17H2,1-3H3,(H,32,37);(H,6,7). The summed E-state index contributed by atoms with van der Waals surface area (Å²) in [6.07, 6.45) is -3.21. The second-order valence-corrected chi connectivity index (χ2v) is 12.8. The Morgan fingerprint density at radius 3 is 2.54 bits per heavy atom. The molecule has 1 fully saturated rings. The van der Waals surface area contributed by atoms with Gasteiger partial charge in [-0.2, -0.15) is 18.3 Å². The van der Waals surface area contributed by atoms with E-state index in [4.69, 9.17) is 19.6 Å². The van der Waals surface area contributed by atoms with Crippen LogP contribution in [0.4, 0.5) is 35.4 Å². The number of carboxylic acids is 1. The average molecular weight is 659 g/mol. The van der Waals surface area contributed by atoms with Crippen LogP contribution in [0.15, 0.2) is 53.6 Å². The molecule has 6 rings (SSSR count). The van der Waals surface area contributed by atoms with E-state index in [0.29, 0.717) is 19.6 Å². The minimum absolute atomic E-state index is 0.0173. The number of thiazole rings is 1. The van der Waals surface area contributed by atoms with E-state index < -0.39 is 12.1 Å². The van der Waals surface area contributed by atoms with Gasteiger partial charge in [0.2, 0.25) is 0 Å². The molecular weight excluding hydrogens is 625 g/mol. The smallest absolute Gasteiger partial charge is 0.475 e. The van der Waals surface area contributed by atoms with Crippen LogP contribution >= 0.6 is 11.3 Å². The van der Waals surface area contributed by atoms with Crippen LogP contribution in [0.25, 0.3) is 0 Å². The number of aliphatic carboxylic acids is 1. The summed E-state index contributed by atoms with van der Waals surface area (Å²) in [4.78, 5) is 41.8. The number of rotatable bonds is 6. The van der Waals surface area contributed by atoms with Crippen LogP contribution in [0, 0.1) is 0 Å². The van der Waals surface area contributed by atoms with Crippen molar-refractivity contribution in [2.75, 3.05) is 35.0 Å². The van der Waals surface area contributed by atoms with Crippen molar-refractivity contribution in [3.8, 4) is 0 Å². The molecule has 2 aromatic carbocycles. The number of aromatic nitrogens is 1. The van der Waals surface area contributed by atoms with Gasteiger partial charge in [0.05, 0.1) is 37.1 Å². The third-order valence-corrected chi connectivity index (χ3v) is 8.49. The van der Waals surface area contributed by atoms with Gasteiger partial charge in [-0.15, -0.1) is 0 Å². The van der Waals surface area contributed by atoms with E-state index in [1.165, 1.54) is 21.9 Å². The number of nitrogens with one attached hydrogen (secondary N) is 2. The predicted octanol–water partition coefficient (Wildman–Crippen LogP) is 5.15. The summed E-state index contributed by atoms with van der Waals surface area (Å²) in [6.45, 7) is 7.91. The maximum atomic E-state index is 12.7. The van der Waals surface area contributed by atoms with Gasteiger partial charge in [-0.05, 0) is 63.1 Å². The Kier molecular flexibility index (Phi) is 9.35. The normalized spacial score (nSPS) is 19.1. The number of amides is 2. The van der Waals surface area contributed by atoms with Crippen molar-refractivity contribution < 1.29 is 37.4 Å². The lowest BCUT2D eigenvalue weighted by Gasteiger charge is -2.35. The van der Waals surface area contributed by atoms with E-state index in [-0.39, 0.29) is 23.4 Å². The number of alkyl halides is 3. The quantitative estimate of drug-likeness (QED) is 0.331. The fraction of sp³-hybridized carbons (Fsp3) is 0.387. The van der Waals surface area contributed by atoms with Gasteiger partial charge in [0.1, 0.15) is 4.88 Å². The van der Waals surface area contributed by atoms with Crippen molar-refractivity contribution in [1.29, 1.82) is 0 Å². The van der Waals surface area contributed by atoms with Crippen molar-refractivity contribution in [2.45, 2.75) is 57.8 Å². The van der Waals surface area contributed by atoms with Crippen LogP contribution in [0.2, 0.25) is 0 Å². The molecule has 3 aromatic rings. The molecule has 46 heavy (non-hydrogen) atoms. The number of fused-ring (bicyclic) bond motifs is 1. The topological polar surface area (TPSA) is 136 Å². The molecule has 0 spiro atoms. The highest BCUT2D eigenvalue weighted by molar-refractivity contribution is 7.17. The monoisotopic (exact) mass is 658 g/mol. The Morgan fingerprint density at radius 2 is 1.87 bits per heavy atom. The summed E-state index contributed by atoms with van der Waals surface area (Å²) in [7, 11) is 0. The molecule has 0 aliphatic carbocycles. The number of ether oxygens (including phenoxy) is 1. The van der Waals surface area contributed by atoms with Gasteiger partial charge in [-0.25, -0.2) is 14.8 Å². The largest absolute Gasteiger partial charge is 0.490 e. The first kappa shape index (κ1) is 32.9. The molecule has 244 valence electrons. The molecule has 0 bridgehead atoms. The molecule has 0 radical (unpaired) electrons. The minimum atomic E-state index is -5.08. The highest BCUT2D eigenvalue weighted by Gasteiger charge is 2.38. The molecule has 1 atom stereocenters. The SMILES string of the molecule is CC1=NN(c2cccc(Nc3cccc(CC4COCCN4c4nc5c(s4)C(=O)NC(C)(C)C5)c3)c2)C(=O)C1.O=C(O)C(F)(F)F. The zero-order valence-corrected chi connectivity index (χ0v) is 26.2. The molecule has 11 nitrogen and oxygen atoms in total. The van der Waals surface area contributed by atoms with Crippen molar-refractivity contribution in [2.24, 2.45) is 5.10 Å². The van der Waals surface area contributed by atoms with E-state index in [1.807, 2.05) is 57.2 Å². The maximum absolute atomic E-state index is 12.7. The van der Waals surface area contributed by atoms with Gasteiger partial charge in [-0.1, -0.05) is 29.5 Å². The number of halogens is 3. The lowest BCUT2D eigenvalue weighted by Crippen LogP contribution is -2.48. The minimum Gasteiger partial charge on any atom is -0.475 e. The third-order valence-electron chi connectivity index (χ3n) is 7.36. The predicted molar refractivity (Wildman–Crippen MR) is 168 cm³/mol. The number of hydrazone groups is 1. The number of nitrogens with zero attached hydrogens (tertiary/aromatic N) is 4. The number of hydrogen-bond acceptors (Lipinski definition) is 9. The van der Waals surface area contributed by atoms with E-state index >= 15 is 0 Å². The molecule has 3 aliphatic rings. The highest BCUT2D eigenvalue weighted by Crippen LogP contribution is 2.34. The van der Waals surface area contributed by atoms with Gasteiger partial charge in [0.25, 0.3) is 11.8 Å². The van der Waals surface area contributed by atoms with Crippen LogP contribution in [-0.4, -0.2) is 71.1 Å². The lowest BCUT2D eigenvalue weighted by molar-refractivity contribution is -0.192. The summed E-state index contributed by atoms with van der Waals surface area (Å²) >= 11 is 1.48. The lowest BCUT2D eigenvalue weighted by atomic mass is 9.94. The summed E-state index contributed by atoms with van der Waals surface area (Å²) < 4.78 is 37.6. The Bertz CT molecular complexity index is 1670. The second kappa shape index (κ2) is 13.1. The molecule has 3 aliphatic heterocycles. The second-order valence-electron chi connectivity index (χ2n) is 11.8. The van der Waals surface area contributed by atoms with Crippen molar-refractivity contribution >= 4 is 57.0 Å². The molecule has 15 heteroatoms. The van der Waals surface area contributed by atoms with Crippen LogP contribution in [0.3, 0.4) is 0 Å². The Balaban J connectivity index is 0.000000537. The van der Waals surface area contributed by atoms with Crippen molar-refractivity contribution in [1.82, 2.24) is 10.3 Å². The van der Waals surface area contributed by atoms with Crippen molar-refractivity contribution in [3.05, 3.63) is 64.7 Å². The Labute approximate surface area is 267 Å². The molecule has 4 heterocycles. The van der Waals surface area contributed by atoms with Gasteiger partial charge in [0.15, 0.2) is 5.13 Å². The zero-order chi connectivity index (χ0) is 33.2. The van der Waals surface area contributed by atoms with E-state index in [2.05, 4.69) is 32.8 Å². The first-order valence-corrected chi connectivity index (χ1v) is 15.3. The maximum Gasteiger partial charge on any atom is 0.490 e. The number of hydrogen-bond donors (Lipinski definition) is 3. The number of carboxylic acid groups (broad SMARTS) is 1. The Hall–Kier alpha value is -4.50. The highest BCUT2D eigenvalue weighted by atomic mass is 32.1. The summed E-state index contributed by atoms with van der Waals surface area (Å²) in [5.74, 6) is -2.81. The van der Waals surface area contributed by atoms with Crippen LogP contribution < -0.4 is 20.5 Å². The number of anilines is 4. The average Bonchev–Trinajstić information content (AvgIpc) is 3.55. The van der Waals surface area contributed by atoms with E-state index in [1.54, 1.807) is 0 Å². The van der Waals surface area contributed by atoms with Gasteiger partial charge in [-0.3, -0.25) is 9.59 Å². The fourth-order valence-corrected chi connectivity index (χ4v) is 6.42. The molecule has 1 saturated heterocycles.